The number of carbonyl (C=O) groups is 3. The zero-order valence-electron chi connectivity index (χ0n) is 37.6. The molecule has 0 fully saturated rings. The van der Waals surface area contributed by atoms with E-state index in [1.807, 2.05) is 36.5 Å². The highest BCUT2D eigenvalue weighted by Crippen LogP contribution is 2.15. The third-order valence-corrected chi connectivity index (χ3v) is 10.4. The first-order valence-electron chi connectivity index (χ1n) is 24.2. The lowest BCUT2D eigenvalue weighted by Crippen LogP contribution is -2.30. The van der Waals surface area contributed by atoms with Crippen LogP contribution in [0.25, 0.3) is 0 Å². The third kappa shape index (κ3) is 44.3. The van der Waals surface area contributed by atoms with Gasteiger partial charge < -0.3 is 14.2 Å². The average Bonchev–Trinajstić information content (AvgIpc) is 3.21. The van der Waals surface area contributed by atoms with Crippen LogP contribution in [-0.4, -0.2) is 37.2 Å². The van der Waals surface area contributed by atoms with E-state index in [1.165, 1.54) is 128 Å². The monoisotopic (exact) mass is 799 g/mol. The summed E-state index contributed by atoms with van der Waals surface area (Å²) in [5.74, 6) is -0.923. The molecular formula is C51H90O6. The van der Waals surface area contributed by atoms with E-state index in [9.17, 15) is 14.4 Å². The maximum absolute atomic E-state index is 12.7. The molecule has 6 heteroatoms. The standard InChI is InChI=1S/C51H90O6/c1-4-7-10-13-16-19-21-23-24-25-26-28-29-32-35-38-41-44-50(53)56-47-48(46-55-49(52)43-40-37-34-31-18-15-12-9-6-3)57-51(54)45-42-39-36-33-30-27-22-20-17-14-11-8-5-2/h8,11,14,17,20,22,27,30,48H,4-7,9-10,12-13,15-16,18-19,21,23-26,28-29,31-47H2,1-3H3/b11-8-,17-14-,22-20-,30-27-. The molecule has 6 nitrogen and oxygen atoms in total. The van der Waals surface area contributed by atoms with E-state index in [0.717, 1.165) is 70.6 Å². The average molecular weight is 799 g/mol. The van der Waals surface area contributed by atoms with Crippen LogP contribution in [-0.2, 0) is 28.6 Å². The number of rotatable bonds is 43. The molecule has 0 N–H and O–H groups in total. The molecule has 0 amide bonds. The predicted molar refractivity (Wildman–Crippen MR) is 242 cm³/mol. The van der Waals surface area contributed by atoms with Crippen molar-refractivity contribution < 1.29 is 28.6 Å². The van der Waals surface area contributed by atoms with Crippen molar-refractivity contribution in [2.45, 2.75) is 245 Å². The van der Waals surface area contributed by atoms with Gasteiger partial charge in [0.25, 0.3) is 0 Å². The van der Waals surface area contributed by atoms with Gasteiger partial charge in [0.05, 0.1) is 0 Å². The minimum absolute atomic E-state index is 0.0861. The van der Waals surface area contributed by atoms with Crippen LogP contribution in [0.5, 0.6) is 0 Å². The summed E-state index contributed by atoms with van der Waals surface area (Å²) in [6, 6.07) is 0. The summed E-state index contributed by atoms with van der Waals surface area (Å²) in [6.07, 6.45) is 53.9. The van der Waals surface area contributed by atoms with E-state index in [-0.39, 0.29) is 37.5 Å². The Morgan fingerprint density at radius 2 is 0.684 bits per heavy atom. The molecule has 0 aromatic heterocycles. The van der Waals surface area contributed by atoms with Crippen LogP contribution in [0.2, 0.25) is 0 Å². The van der Waals surface area contributed by atoms with E-state index >= 15 is 0 Å². The molecule has 0 saturated carbocycles. The fourth-order valence-electron chi connectivity index (χ4n) is 6.81. The molecule has 0 aromatic carbocycles. The number of esters is 3. The van der Waals surface area contributed by atoms with Crippen molar-refractivity contribution in [1.82, 2.24) is 0 Å². The van der Waals surface area contributed by atoms with Crippen LogP contribution in [0.15, 0.2) is 48.6 Å². The van der Waals surface area contributed by atoms with Gasteiger partial charge >= 0.3 is 17.9 Å². The van der Waals surface area contributed by atoms with Gasteiger partial charge in [0.15, 0.2) is 6.10 Å². The van der Waals surface area contributed by atoms with Gasteiger partial charge in [-0.25, -0.2) is 0 Å². The lowest BCUT2D eigenvalue weighted by atomic mass is 10.0. The van der Waals surface area contributed by atoms with E-state index in [1.54, 1.807) is 0 Å². The Morgan fingerprint density at radius 1 is 0.368 bits per heavy atom. The molecule has 330 valence electrons. The molecule has 0 heterocycles. The summed E-state index contributed by atoms with van der Waals surface area (Å²) in [7, 11) is 0. The summed E-state index contributed by atoms with van der Waals surface area (Å²) in [5, 5.41) is 0. The van der Waals surface area contributed by atoms with Crippen molar-refractivity contribution in [3.05, 3.63) is 48.6 Å². The SMILES string of the molecule is CC\C=C/C=C\C=C/C=C\CCCCCC(=O)OC(COC(=O)CCCCCCCCCCC)COC(=O)CCCCCCCCCCCCCCCCCCC. The summed E-state index contributed by atoms with van der Waals surface area (Å²) in [6.45, 7) is 6.45. The van der Waals surface area contributed by atoms with Gasteiger partial charge in [-0.2, -0.15) is 0 Å². The molecular weight excluding hydrogens is 709 g/mol. The lowest BCUT2D eigenvalue weighted by molar-refractivity contribution is -0.167. The molecule has 0 spiro atoms. The number of allylic oxidation sites excluding steroid dienone is 8. The van der Waals surface area contributed by atoms with Gasteiger partial charge in [-0.3, -0.25) is 14.4 Å². The van der Waals surface area contributed by atoms with Crippen LogP contribution in [0.4, 0.5) is 0 Å². The quantitative estimate of drug-likeness (QED) is 0.0265. The maximum atomic E-state index is 12.7. The first-order chi connectivity index (χ1) is 28.0. The maximum Gasteiger partial charge on any atom is 0.306 e. The zero-order valence-corrected chi connectivity index (χ0v) is 37.6. The molecule has 57 heavy (non-hydrogen) atoms. The highest BCUT2D eigenvalue weighted by atomic mass is 16.6. The second-order valence-electron chi connectivity index (χ2n) is 16.1. The topological polar surface area (TPSA) is 78.9 Å². The molecule has 0 aliphatic heterocycles. The van der Waals surface area contributed by atoms with E-state index in [2.05, 4.69) is 32.9 Å². The fourth-order valence-corrected chi connectivity index (χ4v) is 6.81. The van der Waals surface area contributed by atoms with E-state index in [4.69, 9.17) is 14.2 Å². The molecule has 1 unspecified atom stereocenters. The predicted octanol–water partition coefficient (Wildman–Crippen LogP) is 15.5. The fraction of sp³-hybridized carbons (Fsp3) is 0.784. The minimum Gasteiger partial charge on any atom is -0.462 e. The molecule has 0 aliphatic carbocycles. The Bertz CT molecular complexity index is 1010. The van der Waals surface area contributed by atoms with Gasteiger partial charge in [0.1, 0.15) is 13.2 Å². The molecule has 0 aliphatic rings. The normalized spacial score (nSPS) is 12.4. The molecule has 0 rings (SSSR count). The van der Waals surface area contributed by atoms with Gasteiger partial charge in [0.2, 0.25) is 0 Å². The number of ether oxygens (including phenoxy) is 3. The molecule has 0 saturated heterocycles. The Labute approximate surface area is 352 Å². The zero-order chi connectivity index (χ0) is 41.5. The van der Waals surface area contributed by atoms with Gasteiger partial charge in [-0.1, -0.05) is 230 Å². The van der Waals surface area contributed by atoms with Crippen LogP contribution in [0.1, 0.15) is 239 Å². The summed E-state index contributed by atoms with van der Waals surface area (Å²) in [5.41, 5.74) is 0. The van der Waals surface area contributed by atoms with Gasteiger partial charge in [0, 0.05) is 19.3 Å². The summed E-state index contributed by atoms with van der Waals surface area (Å²) >= 11 is 0. The Hall–Kier alpha value is -2.63. The number of hydrogen-bond donors (Lipinski definition) is 0. The molecule has 0 radical (unpaired) electrons. The smallest absolute Gasteiger partial charge is 0.306 e. The molecule has 0 aromatic rings. The number of hydrogen-bond acceptors (Lipinski definition) is 6. The van der Waals surface area contributed by atoms with Crippen molar-refractivity contribution in [1.29, 1.82) is 0 Å². The van der Waals surface area contributed by atoms with Crippen LogP contribution < -0.4 is 0 Å². The van der Waals surface area contributed by atoms with Crippen molar-refractivity contribution in [3.8, 4) is 0 Å². The largest absolute Gasteiger partial charge is 0.462 e. The van der Waals surface area contributed by atoms with Crippen LogP contribution in [0, 0.1) is 0 Å². The van der Waals surface area contributed by atoms with Gasteiger partial charge in [-0.15, -0.1) is 0 Å². The van der Waals surface area contributed by atoms with E-state index < -0.39 is 6.10 Å². The van der Waals surface area contributed by atoms with Crippen LogP contribution in [0.3, 0.4) is 0 Å². The van der Waals surface area contributed by atoms with Gasteiger partial charge in [-0.05, 0) is 38.5 Å². The van der Waals surface area contributed by atoms with Crippen molar-refractivity contribution in [2.75, 3.05) is 13.2 Å². The summed E-state index contributed by atoms with van der Waals surface area (Å²) < 4.78 is 16.7. The second kappa shape index (κ2) is 46.1. The molecule has 1 atom stereocenters. The van der Waals surface area contributed by atoms with Crippen molar-refractivity contribution in [2.24, 2.45) is 0 Å². The molecule has 0 bridgehead atoms. The first kappa shape index (κ1) is 54.4. The summed E-state index contributed by atoms with van der Waals surface area (Å²) in [4.78, 5) is 37.7. The van der Waals surface area contributed by atoms with Crippen molar-refractivity contribution in [3.63, 3.8) is 0 Å². The van der Waals surface area contributed by atoms with Crippen molar-refractivity contribution >= 4 is 17.9 Å². The lowest BCUT2D eigenvalue weighted by Gasteiger charge is -2.18. The Morgan fingerprint density at radius 3 is 1.07 bits per heavy atom. The van der Waals surface area contributed by atoms with Crippen LogP contribution >= 0.6 is 0 Å². The van der Waals surface area contributed by atoms with E-state index in [0.29, 0.717) is 12.8 Å². The number of unbranched alkanes of at least 4 members (excludes halogenated alkanes) is 27. The second-order valence-corrected chi connectivity index (χ2v) is 16.1. The highest BCUT2D eigenvalue weighted by molar-refractivity contribution is 5.71. The highest BCUT2D eigenvalue weighted by Gasteiger charge is 2.19. The Balaban J connectivity index is 4.34. The minimum atomic E-state index is -0.787. The Kier molecular flexibility index (Phi) is 43.9. The third-order valence-electron chi connectivity index (χ3n) is 10.4. The number of carbonyl (C=O) groups excluding carboxylic acids is 3. The first-order valence-corrected chi connectivity index (χ1v) is 24.2.